The maximum Gasteiger partial charge on any atom is 0.337 e. The number of thiophene rings is 1. The van der Waals surface area contributed by atoms with Crippen LogP contribution in [-0.4, -0.2) is 44.3 Å². The fourth-order valence-electron chi connectivity index (χ4n) is 2.30. The van der Waals surface area contributed by atoms with Crippen LogP contribution in [-0.2, 0) is 14.3 Å². The van der Waals surface area contributed by atoms with Crippen LogP contribution in [0.4, 0.5) is 4.79 Å². The molecule has 1 atom stereocenters. The summed E-state index contributed by atoms with van der Waals surface area (Å²) >= 11 is 1.51. The van der Waals surface area contributed by atoms with Gasteiger partial charge in [-0.3, -0.25) is 4.90 Å². The minimum atomic E-state index is -0.477. The van der Waals surface area contributed by atoms with Crippen molar-refractivity contribution in [2.45, 2.75) is 13.0 Å². The van der Waals surface area contributed by atoms with Crippen LogP contribution in [0, 0.1) is 0 Å². The number of hydrogen-bond acceptors (Lipinski definition) is 5. The lowest BCUT2D eigenvalue weighted by atomic mass is 9.97. The van der Waals surface area contributed by atoms with E-state index in [2.05, 4.69) is 5.32 Å². The molecule has 0 saturated carbocycles. The van der Waals surface area contributed by atoms with Crippen LogP contribution in [0.5, 0.6) is 0 Å². The Labute approximate surface area is 127 Å². The summed E-state index contributed by atoms with van der Waals surface area (Å²) < 4.78 is 9.88. The summed E-state index contributed by atoms with van der Waals surface area (Å²) in [5.41, 5.74) is 1.92. The predicted molar refractivity (Wildman–Crippen MR) is 78.9 cm³/mol. The Morgan fingerprint density at radius 3 is 2.81 bits per heavy atom. The van der Waals surface area contributed by atoms with E-state index in [4.69, 9.17) is 9.47 Å². The number of methoxy groups -OCH3 is 2. The molecule has 21 heavy (non-hydrogen) atoms. The number of hydrogen-bond donors (Lipinski definition) is 1. The second-order valence-corrected chi connectivity index (χ2v) is 5.35. The monoisotopic (exact) mass is 310 g/mol. The van der Waals surface area contributed by atoms with Gasteiger partial charge in [-0.05, 0) is 29.3 Å². The van der Waals surface area contributed by atoms with Crippen molar-refractivity contribution in [2.24, 2.45) is 0 Å². The number of allylic oxidation sites excluding steroid dienone is 1. The van der Waals surface area contributed by atoms with Gasteiger partial charge in [0.15, 0.2) is 0 Å². The van der Waals surface area contributed by atoms with Gasteiger partial charge in [-0.2, -0.15) is 11.3 Å². The molecule has 1 aliphatic heterocycles. The third kappa shape index (κ3) is 3.08. The Morgan fingerprint density at radius 1 is 1.48 bits per heavy atom. The van der Waals surface area contributed by atoms with Gasteiger partial charge in [-0.1, -0.05) is 0 Å². The first kappa shape index (κ1) is 15.5. The summed E-state index contributed by atoms with van der Waals surface area (Å²) in [6, 6.07) is 1.17. The largest absolute Gasteiger partial charge is 0.466 e. The van der Waals surface area contributed by atoms with Crippen molar-refractivity contribution < 1.29 is 19.1 Å². The Balaban J connectivity index is 2.42. The molecule has 2 heterocycles. The van der Waals surface area contributed by atoms with Gasteiger partial charge in [0.2, 0.25) is 0 Å². The van der Waals surface area contributed by atoms with E-state index in [0.29, 0.717) is 24.4 Å². The van der Waals surface area contributed by atoms with Crippen LogP contribution in [0.3, 0.4) is 0 Å². The lowest BCUT2D eigenvalue weighted by molar-refractivity contribution is -0.136. The van der Waals surface area contributed by atoms with E-state index in [1.807, 2.05) is 16.8 Å². The quantitative estimate of drug-likeness (QED) is 0.844. The van der Waals surface area contributed by atoms with Crippen molar-refractivity contribution in [2.75, 3.05) is 27.4 Å². The van der Waals surface area contributed by atoms with Gasteiger partial charge in [-0.25, -0.2) is 9.59 Å². The van der Waals surface area contributed by atoms with Gasteiger partial charge in [0, 0.05) is 12.8 Å². The van der Waals surface area contributed by atoms with E-state index in [0.717, 1.165) is 5.56 Å². The number of ether oxygens (including phenoxy) is 2. The Bertz CT molecular complexity index is 553. The van der Waals surface area contributed by atoms with Crippen molar-refractivity contribution in [1.82, 2.24) is 10.2 Å². The molecule has 0 bridgehead atoms. The Morgan fingerprint density at radius 2 is 2.24 bits per heavy atom. The van der Waals surface area contributed by atoms with Crippen molar-refractivity contribution in [1.29, 1.82) is 0 Å². The van der Waals surface area contributed by atoms with Crippen molar-refractivity contribution in [3.63, 3.8) is 0 Å². The summed E-state index contributed by atoms with van der Waals surface area (Å²) in [6.07, 6.45) is 0. The summed E-state index contributed by atoms with van der Waals surface area (Å²) in [5, 5.41) is 6.67. The fourth-order valence-corrected chi connectivity index (χ4v) is 2.98. The maximum absolute atomic E-state index is 12.2. The van der Waals surface area contributed by atoms with Gasteiger partial charge >= 0.3 is 12.0 Å². The van der Waals surface area contributed by atoms with Crippen LogP contribution in [0.15, 0.2) is 28.1 Å². The highest BCUT2D eigenvalue weighted by Crippen LogP contribution is 2.31. The van der Waals surface area contributed by atoms with E-state index in [9.17, 15) is 9.59 Å². The first-order chi connectivity index (χ1) is 10.1. The average molecular weight is 310 g/mol. The van der Waals surface area contributed by atoms with Gasteiger partial charge in [0.25, 0.3) is 0 Å². The molecule has 114 valence electrons. The number of urea groups is 1. The minimum Gasteiger partial charge on any atom is -0.466 e. The summed E-state index contributed by atoms with van der Waals surface area (Å²) in [5.74, 6) is -0.439. The van der Waals surface area contributed by atoms with Crippen molar-refractivity contribution in [3.05, 3.63) is 33.7 Å². The first-order valence-electron chi connectivity index (χ1n) is 6.48. The minimum absolute atomic E-state index is 0.242. The Hall–Kier alpha value is -1.86. The summed E-state index contributed by atoms with van der Waals surface area (Å²) in [4.78, 5) is 25.9. The lowest BCUT2D eigenvalue weighted by Gasteiger charge is -2.34. The van der Waals surface area contributed by atoms with Crippen LogP contribution < -0.4 is 5.32 Å². The molecule has 1 aliphatic rings. The van der Waals surface area contributed by atoms with E-state index < -0.39 is 12.0 Å². The molecule has 2 amide bonds. The van der Waals surface area contributed by atoms with E-state index in [1.54, 1.807) is 14.0 Å². The van der Waals surface area contributed by atoms with Crippen LogP contribution >= 0.6 is 11.3 Å². The molecular weight excluding hydrogens is 292 g/mol. The fraction of sp³-hybridized carbons (Fsp3) is 0.429. The molecule has 0 spiro atoms. The summed E-state index contributed by atoms with van der Waals surface area (Å²) in [6.45, 7) is 2.52. The highest BCUT2D eigenvalue weighted by atomic mass is 32.1. The van der Waals surface area contributed by atoms with E-state index in [-0.39, 0.29) is 6.03 Å². The van der Waals surface area contributed by atoms with Crippen molar-refractivity contribution in [3.8, 4) is 0 Å². The number of carbonyl (C=O) groups excluding carboxylic acids is 2. The number of amides is 2. The number of rotatable bonds is 5. The van der Waals surface area contributed by atoms with E-state index in [1.165, 1.54) is 23.3 Å². The zero-order valence-electron chi connectivity index (χ0n) is 12.2. The number of esters is 1. The van der Waals surface area contributed by atoms with Gasteiger partial charge < -0.3 is 14.8 Å². The maximum atomic E-state index is 12.2. The lowest BCUT2D eigenvalue weighted by Crippen LogP contribution is -2.48. The Kier molecular flexibility index (Phi) is 4.98. The topological polar surface area (TPSA) is 67.9 Å². The number of carbonyl (C=O) groups is 2. The smallest absolute Gasteiger partial charge is 0.337 e. The molecule has 1 N–H and O–H groups in total. The van der Waals surface area contributed by atoms with Gasteiger partial charge in [-0.15, -0.1) is 0 Å². The normalized spacial score (nSPS) is 18.7. The van der Waals surface area contributed by atoms with Gasteiger partial charge in [0.1, 0.15) is 0 Å². The van der Waals surface area contributed by atoms with Crippen LogP contribution in [0.25, 0.3) is 0 Å². The average Bonchev–Trinajstić information content (AvgIpc) is 3.00. The third-order valence-electron chi connectivity index (χ3n) is 3.40. The molecule has 1 aromatic heterocycles. The zero-order chi connectivity index (χ0) is 15.4. The second-order valence-electron chi connectivity index (χ2n) is 4.57. The second kappa shape index (κ2) is 6.73. The molecular formula is C14H18N2O4S. The molecule has 0 aliphatic carbocycles. The highest BCUT2D eigenvalue weighted by Gasteiger charge is 2.36. The predicted octanol–water partition coefficient (Wildman–Crippen LogP) is 1.91. The molecule has 0 unspecified atom stereocenters. The molecule has 2 rings (SSSR count). The van der Waals surface area contributed by atoms with Crippen LogP contribution in [0.1, 0.15) is 18.5 Å². The van der Waals surface area contributed by atoms with Crippen LogP contribution in [0.2, 0.25) is 0 Å². The molecule has 0 saturated heterocycles. The molecule has 1 aromatic rings. The highest BCUT2D eigenvalue weighted by molar-refractivity contribution is 7.08. The van der Waals surface area contributed by atoms with E-state index >= 15 is 0 Å². The molecule has 7 heteroatoms. The number of nitrogens with zero attached hydrogens (tertiary/aromatic N) is 1. The number of nitrogens with one attached hydrogen (secondary N) is 1. The molecule has 0 fully saturated rings. The molecule has 0 aromatic carbocycles. The van der Waals surface area contributed by atoms with Gasteiger partial charge in [0.05, 0.1) is 31.9 Å². The first-order valence-corrected chi connectivity index (χ1v) is 7.42. The third-order valence-corrected chi connectivity index (χ3v) is 4.10. The zero-order valence-corrected chi connectivity index (χ0v) is 13.0. The van der Waals surface area contributed by atoms with Crippen molar-refractivity contribution >= 4 is 23.3 Å². The SMILES string of the molecule is COCCN1C(=O)N[C@@H](c2ccsc2)C(C(=O)OC)=C1C. The standard InChI is InChI=1S/C14H18N2O4S/c1-9-11(13(17)20-3)12(10-4-7-21-8-10)15-14(18)16(9)5-6-19-2/h4,7-8,12H,5-6H2,1-3H3,(H,15,18)/t12-/m0/s1. The molecule has 0 radical (unpaired) electrons. The molecule has 6 nitrogen and oxygen atoms in total. The summed E-state index contributed by atoms with van der Waals surface area (Å²) in [7, 11) is 2.90.